The quantitative estimate of drug-likeness (QED) is 0.541. The minimum atomic E-state index is -4.67. The van der Waals surface area contributed by atoms with E-state index >= 15 is 0 Å². The molecule has 0 radical (unpaired) electrons. The fourth-order valence-electron chi connectivity index (χ4n) is 3.80. The van der Waals surface area contributed by atoms with Crippen LogP contribution in [0.4, 0.5) is 19.0 Å². The van der Waals surface area contributed by atoms with Crippen LogP contribution in [0.5, 0.6) is 0 Å². The largest absolute Gasteiger partial charge is 0.435 e. The summed E-state index contributed by atoms with van der Waals surface area (Å²) >= 11 is 12.2. The van der Waals surface area contributed by atoms with Gasteiger partial charge in [0.25, 0.3) is 5.91 Å². The third kappa shape index (κ3) is 4.65. The maximum absolute atomic E-state index is 13.8. The van der Waals surface area contributed by atoms with Crippen LogP contribution in [0.1, 0.15) is 50.4 Å². The molecule has 0 bridgehead atoms. The van der Waals surface area contributed by atoms with Gasteiger partial charge in [-0.05, 0) is 43.9 Å². The van der Waals surface area contributed by atoms with Gasteiger partial charge < -0.3 is 5.32 Å². The Hall–Kier alpha value is -2.04. The number of hydrogen-bond acceptors (Lipinski definition) is 4. The maximum atomic E-state index is 13.8. The lowest BCUT2D eigenvalue weighted by Gasteiger charge is -2.32. The SMILES string of the molecule is CCCS(=O)N(C(=O)C1=C(C)Nc2cc(C(F)(F)F)nn2C1c1ccc(Cl)c(Cl)c1)C1CC1. The first-order chi connectivity index (χ1) is 15.5. The van der Waals surface area contributed by atoms with E-state index in [9.17, 15) is 22.2 Å². The predicted octanol–water partition coefficient (Wildman–Crippen LogP) is 5.56. The summed E-state index contributed by atoms with van der Waals surface area (Å²) in [7, 11) is -1.55. The van der Waals surface area contributed by atoms with E-state index in [1.54, 1.807) is 13.0 Å². The molecule has 12 heteroatoms. The highest BCUT2D eigenvalue weighted by Crippen LogP contribution is 2.42. The highest BCUT2D eigenvalue weighted by molar-refractivity contribution is 7.83. The molecule has 4 rings (SSSR count). The molecule has 1 aliphatic heterocycles. The highest BCUT2D eigenvalue weighted by Gasteiger charge is 2.44. The van der Waals surface area contributed by atoms with Gasteiger partial charge in [0.1, 0.15) is 22.8 Å². The van der Waals surface area contributed by atoms with E-state index in [0.717, 1.165) is 23.6 Å². The van der Waals surface area contributed by atoms with E-state index in [1.165, 1.54) is 16.4 Å². The number of nitrogens with one attached hydrogen (secondary N) is 1. The summed E-state index contributed by atoms with van der Waals surface area (Å²) in [4.78, 5) is 13.8. The molecule has 178 valence electrons. The van der Waals surface area contributed by atoms with Crippen molar-refractivity contribution in [1.29, 1.82) is 0 Å². The average molecular weight is 521 g/mol. The number of benzene rings is 1. The summed E-state index contributed by atoms with van der Waals surface area (Å²) in [5, 5.41) is 7.10. The van der Waals surface area contributed by atoms with Crippen molar-refractivity contribution >= 4 is 45.9 Å². The average Bonchev–Trinajstić information content (AvgIpc) is 3.45. The Kier molecular flexibility index (Phi) is 6.54. The van der Waals surface area contributed by atoms with Crippen LogP contribution < -0.4 is 5.32 Å². The van der Waals surface area contributed by atoms with Crippen LogP contribution in [0.2, 0.25) is 10.0 Å². The highest BCUT2D eigenvalue weighted by atomic mass is 35.5. The van der Waals surface area contributed by atoms with Gasteiger partial charge in [-0.1, -0.05) is 36.2 Å². The zero-order chi connectivity index (χ0) is 24.1. The van der Waals surface area contributed by atoms with Crippen LogP contribution in [0.3, 0.4) is 0 Å². The van der Waals surface area contributed by atoms with Crippen LogP contribution in [0.15, 0.2) is 35.5 Å². The molecule has 2 unspecified atom stereocenters. The lowest BCUT2D eigenvalue weighted by Crippen LogP contribution is -2.41. The monoisotopic (exact) mass is 520 g/mol. The second-order valence-electron chi connectivity index (χ2n) is 7.98. The zero-order valence-electron chi connectivity index (χ0n) is 17.7. The number of aromatic nitrogens is 2. The number of amides is 1. The summed E-state index contributed by atoms with van der Waals surface area (Å²) in [6.07, 6.45) is -2.60. The van der Waals surface area contributed by atoms with Gasteiger partial charge in [0.05, 0.1) is 15.6 Å². The van der Waals surface area contributed by atoms with Gasteiger partial charge in [0.2, 0.25) is 0 Å². The first kappa shape index (κ1) is 24.1. The number of anilines is 1. The van der Waals surface area contributed by atoms with Crippen molar-refractivity contribution in [3.63, 3.8) is 0 Å². The third-order valence-electron chi connectivity index (χ3n) is 5.43. The molecule has 0 saturated heterocycles. The van der Waals surface area contributed by atoms with Crippen LogP contribution in [0, 0.1) is 0 Å². The van der Waals surface area contributed by atoms with Gasteiger partial charge in [0, 0.05) is 23.6 Å². The number of allylic oxidation sites excluding steroid dienone is 1. The standard InChI is InChI=1S/C21H21Cl2F3N4O2S/c1-3-8-33(32)30(13-5-6-13)20(31)18-11(2)27-17-10-16(21(24,25)26)28-29(17)19(18)12-4-7-14(22)15(23)9-12/h4,7,9-10,13,19,27H,3,5-6,8H2,1-2H3. The van der Waals surface area contributed by atoms with Crippen molar-refractivity contribution in [2.45, 2.75) is 51.4 Å². The van der Waals surface area contributed by atoms with Gasteiger partial charge in [-0.3, -0.25) is 9.10 Å². The number of carbonyl (C=O) groups is 1. The molecular weight excluding hydrogens is 500 g/mol. The van der Waals surface area contributed by atoms with Crippen molar-refractivity contribution in [2.75, 3.05) is 11.1 Å². The number of rotatable bonds is 6. The summed E-state index contributed by atoms with van der Waals surface area (Å²) < 4.78 is 55.7. The molecule has 2 aliphatic rings. The van der Waals surface area contributed by atoms with E-state index in [4.69, 9.17) is 23.2 Å². The minimum absolute atomic E-state index is 0.0834. The van der Waals surface area contributed by atoms with Crippen molar-refractivity contribution in [3.05, 3.63) is 56.8 Å². The van der Waals surface area contributed by atoms with E-state index in [-0.39, 0.29) is 27.5 Å². The Balaban J connectivity index is 1.86. The Morgan fingerprint density at radius 3 is 2.55 bits per heavy atom. The normalized spacial score (nSPS) is 19.2. The molecule has 6 nitrogen and oxygen atoms in total. The Morgan fingerprint density at radius 2 is 1.97 bits per heavy atom. The van der Waals surface area contributed by atoms with Crippen molar-refractivity contribution < 1.29 is 22.2 Å². The zero-order valence-corrected chi connectivity index (χ0v) is 20.1. The first-order valence-corrected chi connectivity index (χ1v) is 12.4. The summed E-state index contributed by atoms with van der Waals surface area (Å²) in [5.41, 5.74) is -0.140. The summed E-state index contributed by atoms with van der Waals surface area (Å²) in [6.45, 7) is 3.47. The molecule has 1 aromatic carbocycles. The van der Waals surface area contributed by atoms with E-state index < -0.39 is 34.8 Å². The van der Waals surface area contributed by atoms with Crippen LogP contribution in [-0.2, 0) is 22.0 Å². The number of hydrogen-bond donors (Lipinski definition) is 1. The molecule has 2 heterocycles. The van der Waals surface area contributed by atoms with Crippen molar-refractivity contribution in [1.82, 2.24) is 14.1 Å². The smallest absolute Gasteiger partial charge is 0.344 e. The van der Waals surface area contributed by atoms with Crippen LogP contribution >= 0.6 is 23.2 Å². The molecule has 1 aliphatic carbocycles. The number of fused-ring (bicyclic) bond motifs is 1. The lowest BCUT2D eigenvalue weighted by atomic mass is 9.95. The molecule has 2 atom stereocenters. The predicted molar refractivity (Wildman–Crippen MR) is 121 cm³/mol. The number of alkyl halides is 3. The third-order valence-corrected chi connectivity index (χ3v) is 7.83. The Bertz CT molecular complexity index is 1160. The summed E-state index contributed by atoms with van der Waals surface area (Å²) in [5.74, 6) is -0.106. The summed E-state index contributed by atoms with van der Waals surface area (Å²) in [6, 6.07) is 4.32. The number of carbonyl (C=O) groups excluding carboxylic acids is 1. The molecule has 1 amide bonds. The minimum Gasteiger partial charge on any atom is -0.344 e. The fraction of sp³-hybridized carbons (Fsp3) is 0.429. The van der Waals surface area contributed by atoms with Gasteiger partial charge in [-0.15, -0.1) is 0 Å². The van der Waals surface area contributed by atoms with E-state index in [1.807, 2.05) is 6.92 Å². The van der Waals surface area contributed by atoms with Crippen LogP contribution in [0.25, 0.3) is 0 Å². The number of nitrogens with zero attached hydrogens (tertiary/aromatic N) is 3. The van der Waals surface area contributed by atoms with E-state index in [2.05, 4.69) is 10.4 Å². The second kappa shape index (κ2) is 8.96. The maximum Gasteiger partial charge on any atom is 0.435 e. The van der Waals surface area contributed by atoms with Crippen molar-refractivity contribution in [2.24, 2.45) is 0 Å². The van der Waals surface area contributed by atoms with Gasteiger partial charge in [-0.25, -0.2) is 8.89 Å². The lowest BCUT2D eigenvalue weighted by molar-refractivity contribution is -0.141. The topological polar surface area (TPSA) is 67.2 Å². The molecule has 1 saturated carbocycles. The van der Waals surface area contributed by atoms with Crippen molar-refractivity contribution in [3.8, 4) is 0 Å². The Morgan fingerprint density at radius 1 is 1.27 bits per heavy atom. The van der Waals surface area contributed by atoms with Crippen LogP contribution in [-0.4, -0.2) is 36.0 Å². The first-order valence-electron chi connectivity index (χ1n) is 10.3. The molecular formula is C21H21Cl2F3N4O2S. The van der Waals surface area contributed by atoms with Gasteiger partial charge in [-0.2, -0.15) is 18.3 Å². The molecule has 1 aromatic heterocycles. The van der Waals surface area contributed by atoms with E-state index in [0.29, 0.717) is 23.4 Å². The molecule has 1 N–H and O–H groups in total. The Labute approximate surface area is 201 Å². The number of halogens is 5. The van der Waals surface area contributed by atoms with Gasteiger partial charge >= 0.3 is 6.18 Å². The second-order valence-corrected chi connectivity index (χ2v) is 10.2. The molecule has 0 spiro atoms. The van der Waals surface area contributed by atoms with Gasteiger partial charge in [0.15, 0.2) is 5.69 Å². The fourth-order valence-corrected chi connectivity index (χ4v) is 5.48. The molecule has 2 aromatic rings. The molecule has 1 fully saturated rings. The molecule has 33 heavy (non-hydrogen) atoms.